The van der Waals surface area contributed by atoms with Gasteiger partial charge < -0.3 is 10.3 Å². The summed E-state index contributed by atoms with van der Waals surface area (Å²) in [6.07, 6.45) is 0. The van der Waals surface area contributed by atoms with Gasteiger partial charge in [-0.2, -0.15) is 0 Å². The average molecular weight is 293 g/mol. The van der Waals surface area contributed by atoms with Crippen molar-refractivity contribution in [2.45, 2.75) is 26.3 Å². The number of imidazole rings is 1. The lowest BCUT2D eigenvalue weighted by Gasteiger charge is -2.20. The summed E-state index contributed by atoms with van der Waals surface area (Å²) >= 11 is 0. The van der Waals surface area contributed by atoms with Crippen LogP contribution in [-0.2, 0) is 0 Å². The quantitative estimate of drug-likeness (QED) is 0.756. The van der Waals surface area contributed by atoms with Crippen molar-refractivity contribution in [3.05, 3.63) is 54.1 Å². The number of carbonyl (C=O) groups excluding carboxylic acids is 1. The minimum Gasteiger partial charge on any atom is -0.347 e. The van der Waals surface area contributed by atoms with Crippen LogP contribution in [0.4, 0.5) is 0 Å². The molecule has 0 saturated carbocycles. The van der Waals surface area contributed by atoms with Crippen LogP contribution in [0.25, 0.3) is 22.4 Å². The number of nitrogens with one attached hydrogen (secondary N) is 2. The third-order valence-corrected chi connectivity index (χ3v) is 3.30. The summed E-state index contributed by atoms with van der Waals surface area (Å²) in [6.45, 7) is 5.90. The molecule has 1 aromatic heterocycles. The van der Waals surface area contributed by atoms with Gasteiger partial charge >= 0.3 is 0 Å². The number of benzene rings is 2. The first-order chi connectivity index (χ1) is 10.4. The highest BCUT2D eigenvalue weighted by molar-refractivity contribution is 5.95. The second kappa shape index (κ2) is 5.30. The summed E-state index contributed by atoms with van der Waals surface area (Å²) in [4.78, 5) is 20.0. The zero-order valence-corrected chi connectivity index (χ0v) is 13.0. The maximum absolute atomic E-state index is 12.1. The van der Waals surface area contributed by atoms with E-state index in [4.69, 9.17) is 0 Å². The number of carbonyl (C=O) groups is 1. The lowest BCUT2D eigenvalue weighted by molar-refractivity contribution is 0.0919. The second-order valence-electron chi connectivity index (χ2n) is 6.38. The minimum absolute atomic E-state index is 0.0661. The van der Waals surface area contributed by atoms with Crippen LogP contribution in [-0.4, -0.2) is 21.4 Å². The number of nitrogens with zero attached hydrogens (tertiary/aromatic N) is 1. The van der Waals surface area contributed by atoms with E-state index in [0.29, 0.717) is 5.56 Å². The van der Waals surface area contributed by atoms with Gasteiger partial charge in [0.2, 0.25) is 0 Å². The van der Waals surface area contributed by atoms with Gasteiger partial charge in [0.25, 0.3) is 5.91 Å². The molecule has 3 rings (SSSR count). The number of rotatable bonds is 2. The molecular weight excluding hydrogens is 274 g/mol. The predicted molar refractivity (Wildman–Crippen MR) is 88.7 cm³/mol. The molecule has 2 N–H and O–H groups in total. The molecule has 3 aromatic rings. The van der Waals surface area contributed by atoms with Gasteiger partial charge in [-0.15, -0.1) is 0 Å². The monoisotopic (exact) mass is 293 g/mol. The first-order valence-electron chi connectivity index (χ1n) is 7.30. The maximum atomic E-state index is 12.1. The van der Waals surface area contributed by atoms with Crippen LogP contribution in [0.2, 0.25) is 0 Å². The topological polar surface area (TPSA) is 57.8 Å². The molecule has 0 fully saturated rings. The van der Waals surface area contributed by atoms with Crippen LogP contribution >= 0.6 is 0 Å². The summed E-state index contributed by atoms with van der Waals surface area (Å²) in [7, 11) is 0. The normalized spacial score (nSPS) is 11.6. The van der Waals surface area contributed by atoms with Gasteiger partial charge in [0.05, 0.1) is 11.0 Å². The standard InChI is InChI=1S/C18H19N3O/c1-18(2,3)21-17(22)13-10-8-12(9-11-13)16-19-14-6-4-5-7-15(14)20-16/h4-11H,1-3H3,(H,19,20)(H,21,22). The Labute approximate surface area is 129 Å². The van der Waals surface area contributed by atoms with E-state index in [1.165, 1.54) is 0 Å². The lowest BCUT2D eigenvalue weighted by atomic mass is 10.1. The van der Waals surface area contributed by atoms with Crippen molar-refractivity contribution >= 4 is 16.9 Å². The van der Waals surface area contributed by atoms with E-state index in [2.05, 4.69) is 15.3 Å². The predicted octanol–water partition coefficient (Wildman–Crippen LogP) is 3.76. The van der Waals surface area contributed by atoms with Gasteiger partial charge in [-0.3, -0.25) is 4.79 Å². The molecule has 0 aliphatic carbocycles. The Morgan fingerprint density at radius 1 is 1.05 bits per heavy atom. The van der Waals surface area contributed by atoms with Crippen molar-refractivity contribution in [2.24, 2.45) is 0 Å². The van der Waals surface area contributed by atoms with Crippen LogP contribution in [0.3, 0.4) is 0 Å². The van der Waals surface area contributed by atoms with Gasteiger partial charge in [0.1, 0.15) is 5.82 Å². The number of hydrogen-bond acceptors (Lipinski definition) is 2. The molecule has 1 amide bonds. The van der Waals surface area contributed by atoms with Crippen LogP contribution in [0, 0.1) is 0 Å². The third-order valence-electron chi connectivity index (χ3n) is 3.30. The fourth-order valence-electron chi connectivity index (χ4n) is 2.28. The van der Waals surface area contributed by atoms with Crippen molar-refractivity contribution in [2.75, 3.05) is 0 Å². The fourth-order valence-corrected chi connectivity index (χ4v) is 2.28. The SMILES string of the molecule is CC(C)(C)NC(=O)c1ccc(-c2nc3ccccc3[nH]2)cc1. The molecule has 0 aliphatic rings. The summed E-state index contributed by atoms with van der Waals surface area (Å²) in [6, 6.07) is 15.4. The van der Waals surface area contributed by atoms with Crippen LogP contribution in [0.5, 0.6) is 0 Å². The minimum atomic E-state index is -0.242. The van der Waals surface area contributed by atoms with Crippen molar-refractivity contribution in [1.82, 2.24) is 15.3 Å². The molecular formula is C18H19N3O. The molecule has 0 bridgehead atoms. The molecule has 0 saturated heterocycles. The Morgan fingerprint density at radius 3 is 2.36 bits per heavy atom. The van der Waals surface area contributed by atoms with Crippen molar-refractivity contribution < 1.29 is 4.79 Å². The van der Waals surface area contributed by atoms with E-state index in [1.807, 2.05) is 69.3 Å². The first-order valence-corrected chi connectivity index (χ1v) is 7.30. The molecule has 4 nitrogen and oxygen atoms in total. The Kier molecular flexibility index (Phi) is 3.45. The number of fused-ring (bicyclic) bond motifs is 1. The van der Waals surface area contributed by atoms with Gasteiger partial charge in [-0.1, -0.05) is 24.3 Å². The van der Waals surface area contributed by atoms with Crippen LogP contribution in [0.15, 0.2) is 48.5 Å². The lowest BCUT2D eigenvalue weighted by Crippen LogP contribution is -2.40. The summed E-state index contributed by atoms with van der Waals surface area (Å²) in [5.41, 5.74) is 3.31. The Bertz CT molecular complexity index is 777. The molecule has 0 spiro atoms. The highest BCUT2D eigenvalue weighted by Gasteiger charge is 2.15. The van der Waals surface area contributed by atoms with Crippen LogP contribution < -0.4 is 5.32 Å². The van der Waals surface area contributed by atoms with E-state index in [9.17, 15) is 4.79 Å². The zero-order valence-electron chi connectivity index (χ0n) is 13.0. The summed E-state index contributed by atoms with van der Waals surface area (Å²) in [5, 5.41) is 2.95. The Hall–Kier alpha value is -2.62. The summed E-state index contributed by atoms with van der Waals surface area (Å²) < 4.78 is 0. The number of aromatic nitrogens is 2. The fraction of sp³-hybridized carbons (Fsp3) is 0.222. The van der Waals surface area contributed by atoms with Gasteiger partial charge in [-0.25, -0.2) is 4.98 Å². The molecule has 22 heavy (non-hydrogen) atoms. The smallest absolute Gasteiger partial charge is 0.251 e. The molecule has 0 unspecified atom stereocenters. The highest BCUT2D eigenvalue weighted by Crippen LogP contribution is 2.20. The zero-order chi connectivity index (χ0) is 15.7. The van der Waals surface area contributed by atoms with Crippen molar-refractivity contribution in [3.63, 3.8) is 0 Å². The third kappa shape index (κ3) is 3.01. The summed E-state index contributed by atoms with van der Waals surface area (Å²) in [5.74, 6) is 0.743. The van der Waals surface area contributed by atoms with E-state index in [-0.39, 0.29) is 11.4 Å². The second-order valence-corrected chi connectivity index (χ2v) is 6.38. The molecule has 0 aliphatic heterocycles. The molecule has 1 heterocycles. The number of H-pyrrole nitrogens is 1. The van der Waals surface area contributed by atoms with E-state index >= 15 is 0 Å². The maximum Gasteiger partial charge on any atom is 0.251 e. The van der Waals surface area contributed by atoms with Crippen LogP contribution in [0.1, 0.15) is 31.1 Å². The number of amides is 1. The van der Waals surface area contributed by atoms with E-state index in [0.717, 1.165) is 22.4 Å². The largest absolute Gasteiger partial charge is 0.347 e. The highest BCUT2D eigenvalue weighted by atomic mass is 16.1. The average Bonchev–Trinajstić information content (AvgIpc) is 2.89. The molecule has 0 radical (unpaired) electrons. The molecule has 2 aromatic carbocycles. The molecule has 0 atom stereocenters. The van der Waals surface area contributed by atoms with Crippen molar-refractivity contribution in [1.29, 1.82) is 0 Å². The van der Waals surface area contributed by atoms with E-state index in [1.54, 1.807) is 0 Å². The van der Waals surface area contributed by atoms with Gasteiger partial charge in [-0.05, 0) is 45.0 Å². The number of hydrogen-bond donors (Lipinski definition) is 2. The van der Waals surface area contributed by atoms with Gasteiger partial charge in [0.15, 0.2) is 0 Å². The number of para-hydroxylation sites is 2. The van der Waals surface area contributed by atoms with Crippen molar-refractivity contribution in [3.8, 4) is 11.4 Å². The molecule has 112 valence electrons. The first kappa shape index (κ1) is 14.3. The number of aromatic amines is 1. The Balaban J connectivity index is 1.86. The van der Waals surface area contributed by atoms with Gasteiger partial charge in [0, 0.05) is 16.7 Å². The Morgan fingerprint density at radius 2 is 1.73 bits per heavy atom. The van der Waals surface area contributed by atoms with E-state index < -0.39 is 0 Å². The molecule has 4 heteroatoms.